The van der Waals surface area contributed by atoms with Crippen molar-refractivity contribution in [2.45, 2.75) is 18.4 Å². The second-order valence-corrected chi connectivity index (χ2v) is 6.84. The molecule has 0 bridgehead atoms. The van der Waals surface area contributed by atoms with Crippen molar-refractivity contribution in [3.63, 3.8) is 0 Å². The number of aromatic nitrogens is 5. The van der Waals surface area contributed by atoms with E-state index in [9.17, 15) is 8.78 Å². The van der Waals surface area contributed by atoms with Crippen LogP contribution in [0.5, 0.6) is 0 Å². The van der Waals surface area contributed by atoms with E-state index in [4.69, 9.17) is 11.6 Å². The first-order valence-corrected chi connectivity index (χ1v) is 8.83. The number of alkyl halides is 2. The van der Waals surface area contributed by atoms with Crippen LogP contribution in [0.25, 0.3) is 10.9 Å². The lowest BCUT2D eigenvalue weighted by atomic mass is 9.89. The van der Waals surface area contributed by atoms with Crippen LogP contribution < -0.4 is 0 Å². The summed E-state index contributed by atoms with van der Waals surface area (Å²) in [5.41, 5.74) is -0.619. The molecule has 2 heterocycles. The Morgan fingerprint density at radius 1 is 1.03 bits per heavy atom. The van der Waals surface area contributed by atoms with Gasteiger partial charge in [-0.1, -0.05) is 23.7 Å². The van der Waals surface area contributed by atoms with E-state index in [0.29, 0.717) is 22.0 Å². The van der Waals surface area contributed by atoms with Gasteiger partial charge < -0.3 is 0 Å². The monoisotopic (exact) mass is 421 g/mol. The van der Waals surface area contributed by atoms with Crippen molar-refractivity contribution >= 4 is 22.5 Å². The molecule has 1 atom stereocenters. The van der Waals surface area contributed by atoms with Crippen LogP contribution in [0, 0.1) is 11.6 Å². The first kappa shape index (κ1) is 19.3. The fraction of sp³-hybridized carbons (Fsp3) is 0.158. The summed E-state index contributed by atoms with van der Waals surface area (Å²) in [6, 6.07) is 9.77. The molecule has 2 aromatic heterocycles. The molecule has 0 fully saturated rings. The Balaban J connectivity index is 1.82. The predicted octanol–water partition coefficient (Wildman–Crippen LogP) is 4.73. The zero-order chi connectivity index (χ0) is 20.6. The minimum atomic E-state index is -3.61. The molecule has 10 heteroatoms. The summed E-state index contributed by atoms with van der Waals surface area (Å²) in [5, 5.41) is 11.4. The highest BCUT2D eigenvalue weighted by molar-refractivity contribution is 6.31. The summed E-state index contributed by atoms with van der Waals surface area (Å²) in [5.74, 6) is -7.30. The quantitative estimate of drug-likeness (QED) is 0.437. The molecule has 1 unspecified atom stereocenters. The average Bonchev–Trinajstić information content (AvgIpc) is 3.19. The second-order valence-electron chi connectivity index (χ2n) is 6.41. The third-order valence-corrected chi connectivity index (χ3v) is 4.76. The van der Waals surface area contributed by atoms with Gasteiger partial charge in [0.15, 0.2) is 0 Å². The van der Waals surface area contributed by atoms with Crippen LogP contribution in [0.2, 0.25) is 5.02 Å². The van der Waals surface area contributed by atoms with Crippen molar-refractivity contribution in [3.05, 3.63) is 82.8 Å². The van der Waals surface area contributed by atoms with Gasteiger partial charge in [-0.25, -0.2) is 18.4 Å². The van der Waals surface area contributed by atoms with Gasteiger partial charge >= 0.3 is 0 Å². The minimum Gasteiger partial charge on any atom is -0.246 e. The van der Waals surface area contributed by atoms with Crippen LogP contribution in [0.4, 0.5) is 17.6 Å². The van der Waals surface area contributed by atoms with E-state index in [2.05, 4.69) is 20.5 Å². The SMILES string of the molecule is Fc1ccc(C(Cn2cnnn2)C(F)(F)c2ccc3cc(Cl)ccc3n2)c(F)c1. The molecule has 5 nitrogen and oxygen atoms in total. The Labute approximate surface area is 166 Å². The minimum absolute atomic E-state index is 0.312. The number of benzene rings is 2. The summed E-state index contributed by atoms with van der Waals surface area (Å²) in [6.07, 6.45) is 1.14. The lowest BCUT2D eigenvalue weighted by Gasteiger charge is -2.27. The van der Waals surface area contributed by atoms with Crippen molar-refractivity contribution in [3.8, 4) is 0 Å². The molecule has 0 aliphatic rings. The molecule has 4 aromatic rings. The Hall–Kier alpha value is -3.07. The summed E-state index contributed by atoms with van der Waals surface area (Å²) in [6.45, 7) is -0.442. The molecule has 0 aliphatic heterocycles. The number of pyridine rings is 1. The van der Waals surface area contributed by atoms with Gasteiger partial charge in [0.1, 0.15) is 23.7 Å². The van der Waals surface area contributed by atoms with Crippen molar-refractivity contribution in [2.24, 2.45) is 0 Å². The molecule has 0 saturated heterocycles. The molecule has 0 aliphatic carbocycles. The molecule has 0 N–H and O–H groups in total. The Morgan fingerprint density at radius 2 is 1.86 bits per heavy atom. The van der Waals surface area contributed by atoms with Crippen LogP contribution in [-0.4, -0.2) is 25.2 Å². The normalized spacial score (nSPS) is 13.0. The van der Waals surface area contributed by atoms with Gasteiger partial charge in [-0.05, 0) is 46.3 Å². The van der Waals surface area contributed by atoms with E-state index in [1.54, 1.807) is 6.07 Å². The van der Waals surface area contributed by atoms with Crippen LogP contribution in [0.15, 0.2) is 54.9 Å². The highest BCUT2D eigenvalue weighted by atomic mass is 35.5. The van der Waals surface area contributed by atoms with Gasteiger partial charge in [-0.3, -0.25) is 0 Å². The standard InChI is InChI=1S/C19H12ClF4N5/c20-12-2-5-17-11(7-12)1-6-18(26-17)19(23,24)15(9-29-10-25-27-28-29)14-4-3-13(21)8-16(14)22/h1-8,10,15H,9H2. The number of hydrogen-bond donors (Lipinski definition) is 0. The number of rotatable bonds is 5. The molecule has 0 saturated carbocycles. The van der Waals surface area contributed by atoms with Crippen LogP contribution in [-0.2, 0) is 12.5 Å². The number of nitrogens with zero attached hydrogens (tertiary/aromatic N) is 5. The molecule has 0 spiro atoms. The lowest BCUT2D eigenvalue weighted by Crippen LogP contribution is -2.30. The van der Waals surface area contributed by atoms with Crippen molar-refractivity contribution in [1.29, 1.82) is 0 Å². The van der Waals surface area contributed by atoms with Gasteiger partial charge in [-0.2, -0.15) is 8.78 Å². The zero-order valence-corrected chi connectivity index (χ0v) is 15.4. The molecular weight excluding hydrogens is 410 g/mol. The molecule has 29 heavy (non-hydrogen) atoms. The molecule has 0 radical (unpaired) electrons. The Morgan fingerprint density at radius 3 is 2.59 bits per heavy atom. The van der Waals surface area contributed by atoms with E-state index in [-0.39, 0.29) is 5.56 Å². The van der Waals surface area contributed by atoms with Gasteiger partial charge in [0.25, 0.3) is 5.92 Å². The fourth-order valence-electron chi connectivity index (χ4n) is 3.10. The van der Waals surface area contributed by atoms with Gasteiger partial charge in [0.05, 0.1) is 18.0 Å². The zero-order valence-electron chi connectivity index (χ0n) is 14.6. The van der Waals surface area contributed by atoms with E-state index in [1.807, 2.05) is 0 Å². The molecule has 0 amide bonds. The predicted molar refractivity (Wildman–Crippen MR) is 97.6 cm³/mol. The largest absolute Gasteiger partial charge is 0.298 e. The van der Waals surface area contributed by atoms with E-state index in [0.717, 1.165) is 29.2 Å². The van der Waals surface area contributed by atoms with Gasteiger partial charge in [0, 0.05) is 16.5 Å². The maximum Gasteiger partial charge on any atom is 0.298 e. The van der Waals surface area contributed by atoms with E-state index >= 15 is 8.78 Å². The third-order valence-electron chi connectivity index (χ3n) is 4.53. The van der Waals surface area contributed by atoms with E-state index < -0.39 is 35.7 Å². The summed E-state index contributed by atoms with van der Waals surface area (Å²) in [7, 11) is 0. The molecule has 4 rings (SSSR count). The van der Waals surface area contributed by atoms with E-state index in [1.165, 1.54) is 18.2 Å². The third kappa shape index (κ3) is 3.77. The maximum absolute atomic E-state index is 15.6. The van der Waals surface area contributed by atoms with Gasteiger partial charge in [-0.15, -0.1) is 5.10 Å². The summed E-state index contributed by atoms with van der Waals surface area (Å²) in [4.78, 5) is 4.04. The summed E-state index contributed by atoms with van der Waals surface area (Å²) >= 11 is 5.92. The lowest BCUT2D eigenvalue weighted by molar-refractivity contribution is -0.0452. The number of halogens is 5. The smallest absolute Gasteiger partial charge is 0.246 e. The molecule has 2 aromatic carbocycles. The Kier molecular flexibility index (Phi) is 4.91. The number of tetrazole rings is 1. The van der Waals surface area contributed by atoms with Crippen molar-refractivity contribution < 1.29 is 17.6 Å². The first-order valence-electron chi connectivity index (χ1n) is 8.45. The highest BCUT2D eigenvalue weighted by Gasteiger charge is 2.45. The number of hydrogen-bond acceptors (Lipinski definition) is 4. The van der Waals surface area contributed by atoms with Gasteiger partial charge in [0.2, 0.25) is 0 Å². The number of fused-ring (bicyclic) bond motifs is 1. The van der Waals surface area contributed by atoms with Crippen LogP contribution in [0.1, 0.15) is 17.2 Å². The van der Waals surface area contributed by atoms with Crippen molar-refractivity contribution in [2.75, 3.05) is 0 Å². The fourth-order valence-corrected chi connectivity index (χ4v) is 3.28. The molecule has 148 valence electrons. The second kappa shape index (κ2) is 7.40. The van der Waals surface area contributed by atoms with Crippen molar-refractivity contribution in [1.82, 2.24) is 25.2 Å². The van der Waals surface area contributed by atoms with Crippen LogP contribution >= 0.6 is 11.6 Å². The Bertz CT molecular complexity index is 1170. The molecular formula is C19H12ClF4N5. The van der Waals surface area contributed by atoms with Crippen LogP contribution in [0.3, 0.4) is 0 Å². The highest BCUT2D eigenvalue weighted by Crippen LogP contribution is 2.43. The topological polar surface area (TPSA) is 56.5 Å². The maximum atomic E-state index is 15.6. The summed E-state index contributed by atoms with van der Waals surface area (Å²) < 4.78 is 59.9. The first-order chi connectivity index (χ1) is 13.8. The average molecular weight is 422 g/mol.